The number of H-pyrrole nitrogens is 1. The Morgan fingerprint density at radius 1 is 1.46 bits per heavy atom. The molecule has 1 fully saturated rings. The van der Waals surface area contributed by atoms with E-state index in [1.807, 2.05) is 24.5 Å². The highest BCUT2D eigenvalue weighted by molar-refractivity contribution is 8.04. The number of fused-ring (bicyclic) bond motifs is 1. The predicted octanol–water partition coefficient (Wildman–Crippen LogP) is 1.22. The van der Waals surface area contributed by atoms with Crippen LogP contribution in [-0.2, 0) is 4.79 Å². The lowest BCUT2D eigenvalue weighted by Gasteiger charge is -2.26. The zero-order chi connectivity index (χ0) is 17.2. The number of hydrogen-bond donors (Lipinski definition) is 4. The first-order valence-electron chi connectivity index (χ1n) is 8.44. The molecule has 0 aromatic carbocycles. The number of β-amino-alcohol motifs (C(OH)–C–C–N with tert-alkyl or cyclic N) is 1. The van der Waals surface area contributed by atoms with E-state index in [1.165, 1.54) is 0 Å². The Balaban J connectivity index is 0.00000196. The normalized spacial score (nSPS) is 22.8. The van der Waals surface area contributed by atoms with Gasteiger partial charge in [-0.15, -0.1) is 24.2 Å². The fourth-order valence-electron chi connectivity index (χ4n) is 3.26. The molecule has 2 aromatic rings. The third kappa shape index (κ3) is 3.98. The highest BCUT2D eigenvalue weighted by Gasteiger charge is 2.24. The topological polar surface area (TPSA) is 93.3 Å². The van der Waals surface area contributed by atoms with Crippen LogP contribution in [0.25, 0.3) is 11.0 Å². The van der Waals surface area contributed by atoms with Crippen LogP contribution in [0.15, 0.2) is 35.6 Å². The van der Waals surface area contributed by atoms with Crippen molar-refractivity contribution < 1.29 is 9.90 Å². The van der Waals surface area contributed by atoms with Gasteiger partial charge in [0.15, 0.2) is 0 Å². The maximum Gasteiger partial charge on any atom is 0.259 e. The molecular weight excluding hydrogens is 374 g/mol. The van der Waals surface area contributed by atoms with Crippen LogP contribution in [0, 0.1) is 0 Å². The molecular formula is C17H22ClN5O2S. The fourth-order valence-corrected chi connectivity index (χ4v) is 4.18. The SMILES string of the molecule is Cl.O=C(NC[C@@H]1C[C@@H](O)CN1)C1=CN(c2ccnc3[nH]ccc23)CCS1. The minimum Gasteiger partial charge on any atom is -0.392 e. The van der Waals surface area contributed by atoms with Gasteiger partial charge in [0, 0.05) is 55.4 Å². The Labute approximate surface area is 162 Å². The summed E-state index contributed by atoms with van der Waals surface area (Å²) >= 11 is 1.57. The number of aromatic nitrogens is 2. The molecule has 7 nitrogen and oxygen atoms in total. The van der Waals surface area contributed by atoms with Crippen molar-refractivity contribution in [3.05, 3.63) is 35.6 Å². The number of nitrogens with zero attached hydrogens (tertiary/aromatic N) is 2. The largest absolute Gasteiger partial charge is 0.392 e. The molecule has 4 N–H and O–H groups in total. The smallest absolute Gasteiger partial charge is 0.259 e. The Hall–Kier alpha value is -1.74. The van der Waals surface area contributed by atoms with Crippen LogP contribution in [0.1, 0.15) is 6.42 Å². The number of rotatable bonds is 4. The number of carbonyl (C=O) groups excluding carboxylic acids is 1. The second-order valence-electron chi connectivity index (χ2n) is 6.31. The molecule has 1 saturated heterocycles. The van der Waals surface area contributed by atoms with E-state index in [-0.39, 0.29) is 30.5 Å². The second kappa shape index (κ2) is 8.30. The molecule has 2 aromatic heterocycles. The van der Waals surface area contributed by atoms with Crippen LogP contribution in [0.3, 0.4) is 0 Å². The number of nitrogens with one attached hydrogen (secondary N) is 3. The Morgan fingerprint density at radius 3 is 3.15 bits per heavy atom. The maximum absolute atomic E-state index is 12.5. The van der Waals surface area contributed by atoms with Gasteiger partial charge in [-0.05, 0) is 18.6 Å². The molecule has 2 aliphatic rings. The second-order valence-corrected chi connectivity index (χ2v) is 7.45. The number of amides is 1. The summed E-state index contributed by atoms with van der Waals surface area (Å²) in [4.78, 5) is 22.7. The Bertz CT molecular complexity index is 811. The van der Waals surface area contributed by atoms with Crippen molar-refractivity contribution in [3.8, 4) is 0 Å². The monoisotopic (exact) mass is 395 g/mol. The first-order valence-corrected chi connectivity index (χ1v) is 9.42. The van der Waals surface area contributed by atoms with Gasteiger partial charge in [-0.2, -0.15) is 0 Å². The van der Waals surface area contributed by atoms with Gasteiger partial charge in [-0.25, -0.2) is 4.98 Å². The highest BCUT2D eigenvalue weighted by Crippen LogP contribution is 2.30. The lowest BCUT2D eigenvalue weighted by Crippen LogP contribution is -2.38. The third-order valence-corrected chi connectivity index (χ3v) is 5.53. The number of aromatic amines is 1. The number of aliphatic hydroxyl groups excluding tert-OH is 1. The summed E-state index contributed by atoms with van der Waals surface area (Å²) in [5, 5.41) is 16.8. The summed E-state index contributed by atoms with van der Waals surface area (Å²) in [6.45, 7) is 1.98. The fraction of sp³-hybridized carbons (Fsp3) is 0.412. The molecule has 140 valence electrons. The number of aliphatic hydroxyl groups is 1. The lowest BCUT2D eigenvalue weighted by atomic mass is 10.2. The van der Waals surface area contributed by atoms with Crippen LogP contribution >= 0.6 is 24.2 Å². The molecule has 1 amide bonds. The van der Waals surface area contributed by atoms with Gasteiger partial charge in [0.2, 0.25) is 0 Å². The number of carbonyl (C=O) groups is 1. The molecule has 0 unspecified atom stereocenters. The summed E-state index contributed by atoms with van der Waals surface area (Å²) in [7, 11) is 0. The summed E-state index contributed by atoms with van der Waals surface area (Å²) in [5.74, 6) is 0.797. The van der Waals surface area contributed by atoms with Crippen molar-refractivity contribution in [2.45, 2.75) is 18.6 Å². The minimum absolute atomic E-state index is 0. The quantitative estimate of drug-likeness (QED) is 0.622. The molecule has 9 heteroatoms. The van der Waals surface area contributed by atoms with Crippen LogP contribution in [-0.4, -0.2) is 58.5 Å². The molecule has 4 heterocycles. The first-order chi connectivity index (χ1) is 12.2. The van der Waals surface area contributed by atoms with Crippen LogP contribution in [0.2, 0.25) is 0 Å². The molecule has 0 spiro atoms. The molecule has 4 rings (SSSR count). The summed E-state index contributed by atoms with van der Waals surface area (Å²) in [6.07, 6.45) is 5.94. The first kappa shape index (κ1) is 19.0. The molecule has 0 saturated carbocycles. The minimum atomic E-state index is -0.309. The number of halogens is 1. The molecule has 0 bridgehead atoms. The summed E-state index contributed by atoms with van der Waals surface area (Å²) < 4.78 is 0. The summed E-state index contributed by atoms with van der Waals surface area (Å²) in [5.41, 5.74) is 1.90. The van der Waals surface area contributed by atoms with Crippen molar-refractivity contribution in [3.63, 3.8) is 0 Å². The van der Waals surface area contributed by atoms with E-state index in [0.717, 1.165) is 29.0 Å². The Morgan fingerprint density at radius 2 is 2.35 bits per heavy atom. The van der Waals surface area contributed by atoms with E-state index in [2.05, 4.69) is 25.5 Å². The van der Waals surface area contributed by atoms with Crippen LogP contribution in [0.4, 0.5) is 5.69 Å². The van der Waals surface area contributed by atoms with Gasteiger partial charge >= 0.3 is 0 Å². The Kier molecular flexibility index (Phi) is 6.08. The molecule has 2 aliphatic heterocycles. The zero-order valence-corrected chi connectivity index (χ0v) is 15.8. The number of anilines is 1. The summed E-state index contributed by atoms with van der Waals surface area (Å²) in [6, 6.07) is 4.12. The molecule has 2 atom stereocenters. The highest BCUT2D eigenvalue weighted by atomic mass is 35.5. The molecule has 0 radical (unpaired) electrons. The van der Waals surface area contributed by atoms with E-state index in [0.29, 0.717) is 24.4 Å². The average Bonchev–Trinajstić information content (AvgIpc) is 3.28. The van der Waals surface area contributed by atoms with Crippen LogP contribution < -0.4 is 15.5 Å². The van der Waals surface area contributed by atoms with Gasteiger partial charge in [0.05, 0.1) is 16.7 Å². The molecule has 26 heavy (non-hydrogen) atoms. The van der Waals surface area contributed by atoms with E-state index in [9.17, 15) is 9.90 Å². The van der Waals surface area contributed by atoms with Gasteiger partial charge < -0.3 is 25.6 Å². The number of hydrogen-bond acceptors (Lipinski definition) is 6. The predicted molar refractivity (Wildman–Crippen MR) is 107 cm³/mol. The van der Waals surface area contributed by atoms with E-state index < -0.39 is 0 Å². The number of pyridine rings is 1. The van der Waals surface area contributed by atoms with Gasteiger partial charge in [0.25, 0.3) is 5.91 Å². The van der Waals surface area contributed by atoms with Crippen molar-refractivity contribution in [1.29, 1.82) is 0 Å². The zero-order valence-electron chi connectivity index (χ0n) is 14.1. The van der Waals surface area contributed by atoms with Crippen LogP contribution in [0.5, 0.6) is 0 Å². The average molecular weight is 396 g/mol. The van der Waals surface area contributed by atoms with Crippen molar-refractivity contribution >= 4 is 46.8 Å². The molecule has 0 aliphatic carbocycles. The van der Waals surface area contributed by atoms with E-state index in [1.54, 1.807) is 18.0 Å². The lowest BCUT2D eigenvalue weighted by molar-refractivity contribution is -0.116. The van der Waals surface area contributed by atoms with Gasteiger partial charge in [-0.3, -0.25) is 4.79 Å². The van der Waals surface area contributed by atoms with Crippen molar-refractivity contribution in [1.82, 2.24) is 20.6 Å². The van der Waals surface area contributed by atoms with Gasteiger partial charge in [0.1, 0.15) is 5.65 Å². The van der Waals surface area contributed by atoms with E-state index >= 15 is 0 Å². The standard InChI is InChI=1S/C17H21N5O2S.ClH/c23-12-7-11(20-9-12)8-21-17(24)15-10-22(5-6-25-15)14-2-4-19-16-13(14)1-3-18-16;/h1-4,10-12,20,23H,5-9H2,(H,18,19)(H,21,24);1H/t11-,12+;/m0./s1. The maximum atomic E-state index is 12.5. The van der Waals surface area contributed by atoms with Crippen molar-refractivity contribution in [2.24, 2.45) is 0 Å². The van der Waals surface area contributed by atoms with Crippen molar-refractivity contribution in [2.75, 3.05) is 30.3 Å². The third-order valence-electron chi connectivity index (χ3n) is 4.54. The van der Waals surface area contributed by atoms with E-state index in [4.69, 9.17) is 0 Å². The van der Waals surface area contributed by atoms with Gasteiger partial charge in [-0.1, -0.05) is 0 Å². The number of thioether (sulfide) groups is 1.